The Morgan fingerprint density at radius 3 is 2.74 bits per heavy atom. The quantitative estimate of drug-likeness (QED) is 0.568. The zero-order valence-corrected chi connectivity index (χ0v) is 15.8. The molecule has 2 heterocycles. The average molecular weight is 391 g/mol. The number of nitrogens with one attached hydrogen (secondary N) is 1. The van der Waals surface area contributed by atoms with Crippen molar-refractivity contribution >= 4 is 28.9 Å². The number of aromatic nitrogens is 2. The van der Waals surface area contributed by atoms with E-state index in [1.165, 1.54) is 16.2 Å². The topological polar surface area (TPSA) is 124 Å². The number of aromatic amines is 1. The van der Waals surface area contributed by atoms with Gasteiger partial charge in [0.25, 0.3) is 5.56 Å². The number of ketones is 1. The van der Waals surface area contributed by atoms with Gasteiger partial charge in [-0.15, -0.1) is 11.3 Å². The number of nitrogens with zero attached hydrogens (tertiary/aromatic N) is 1. The molecule has 27 heavy (non-hydrogen) atoms. The molecule has 8 nitrogen and oxygen atoms in total. The van der Waals surface area contributed by atoms with Crippen LogP contribution in [-0.4, -0.2) is 27.9 Å². The number of hydrogen-bond donors (Lipinski definition) is 2. The summed E-state index contributed by atoms with van der Waals surface area (Å²) in [6.45, 7) is 1.49. The summed E-state index contributed by atoms with van der Waals surface area (Å²) in [6, 6.07) is 1.81. The lowest BCUT2D eigenvalue weighted by Crippen LogP contribution is -2.37. The van der Waals surface area contributed by atoms with Crippen LogP contribution in [0.4, 0.5) is 5.82 Å². The zero-order valence-electron chi connectivity index (χ0n) is 15.0. The standard InChI is InChI=1S/C18H21N3O5S/c1-2-7-21-15(19)14(16(23)20-18(21)25)11(22)9-26-17(24)13-8-10-5-3-4-6-12(10)27-13/h8H,2-7,9,19H2,1H3,(H,20,23,25). The molecule has 1 aliphatic carbocycles. The van der Waals surface area contributed by atoms with Crippen LogP contribution in [0.25, 0.3) is 0 Å². The molecule has 0 saturated heterocycles. The summed E-state index contributed by atoms with van der Waals surface area (Å²) in [7, 11) is 0. The number of H-pyrrole nitrogens is 1. The van der Waals surface area contributed by atoms with E-state index in [0.717, 1.165) is 35.8 Å². The first-order valence-electron chi connectivity index (χ1n) is 8.86. The van der Waals surface area contributed by atoms with Crippen LogP contribution < -0.4 is 17.0 Å². The van der Waals surface area contributed by atoms with Gasteiger partial charge in [-0.1, -0.05) is 6.92 Å². The van der Waals surface area contributed by atoms with Crippen LogP contribution in [0.1, 0.15) is 56.7 Å². The molecule has 0 fully saturated rings. The fourth-order valence-corrected chi connectivity index (χ4v) is 4.32. The molecule has 0 unspecified atom stereocenters. The predicted octanol–water partition coefficient (Wildman–Crippen LogP) is 1.51. The van der Waals surface area contributed by atoms with E-state index in [2.05, 4.69) is 4.98 Å². The van der Waals surface area contributed by atoms with Gasteiger partial charge in [-0.3, -0.25) is 19.1 Å². The molecular formula is C18H21N3O5S. The number of ether oxygens (including phenoxy) is 1. The summed E-state index contributed by atoms with van der Waals surface area (Å²) < 4.78 is 6.22. The molecule has 2 aromatic rings. The molecule has 2 aromatic heterocycles. The Hall–Kier alpha value is -2.68. The average Bonchev–Trinajstić information content (AvgIpc) is 3.07. The van der Waals surface area contributed by atoms with E-state index >= 15 is 0 Å². The number of nitrogens with two attached hydrogens (primary N) is 1. The third-order valence-corrected chi connectivity index (χ3v) is 5.71. The molecule has 1 aliphatic rings. The maximum absolute atomic E-state index is 12.4. The molecule has 0 aliphatic heterocycles. The molecule has 0 atom stereocenters. The number of rotatable bonds is 6. The van der Waals surface area contributed by atoms with Crippen molar-refractivity contribution in [2.45, 2.75) is 45.6 Å². The second-order valence-electron chi connectivity index (χ2n) is 6.44. The number of nitrogen functional groups attached to an aromatic ring is 1. The highest BCUT2D eigenvalue weighted by atomic mass is 32.1. The fraction of sp³-hybridized carbons (Fsp3) is 0.444. The Morgan fingerprint density at radius 1 is 1.30 bits per heavy atom. The third kappa shape index (κ3) is 3.87. The van der Waals surface area contributed by atoms with Crippen molar-refractivity contribution in [3.8, 4) is 0 Å². The lowest BCUT2D eigenvalue weighted by atomic mass is 9.99. The highest BCUT2D eigenvalue weighted by Gasteiger charge is 2.22. The second kappa shape index (κ2) is 7.91. The maximum Gasteiger partial charge on any atom is 0.348 e. The van der Waals surface area contributed by atoms with Crippen molar-refractivity contribution in [3.63, 3.8) is 0 Å². The van der Waals surface area contributed by atoms with Gasteiger partial charge in [0.15, 0.2) is 6.61 Å². The highest BCUT2D eigenvalue weighted by Crippen LogP contribution is 2.30. The number of esters is 1. The summed E-state index contributed by atoms with van der Waals surface area (Å²) in [5.74, 6) is -1.55. The van der Waals surface area contributed by atoms with Gasteiger partial charge >= 0.3 is 11.7 Å². The Bertz CT molecular complexity index is 978. The lowest BCUT2D eigenvalue weighted by Gasteiger charge is -2.11. The van der Waals surface area contributed by atoms with Crippen LogP contribution in [-0.2, 0) is 24.1 Å². The monoisotopic (exact) mass is 391 g/mol. The van der Waals surface area contributed by atoms with Crippen molar-refractivity contribution in [2.75, 3.05) is 12.3 Å². The number of hydrogen-bond acceptors (Lipinski definition) is 7. The van der Waals surface area contributed by atoms with Crippen LogP contribution in [0, 0.1) is 0 Å². The Labute approximate surface area is 159 Å². The Kier molecular flexibility index (Phi) is 5.59. The van der Waals surface area contributed by atoms with Crippen LogP contribution in [0.15, 0.2) is 15.7 Å². The molecule has 0 spiro atoms. The minimum atomic E-state index is -0.877. The fourth-order valence-electron chi connectivity index (χ4n) is 3.17. The van der Waals surface area contributed by atoms with Gasteiger partial charge < -0.3 is 10.5 Å². The maximum atomic E-state index is 12.4. The second-order valence-corrected chi connectivity index (χ2v) is 7.57. The molecule has 3 rings (SSSR count). The Morgan fingerprint density at radius 2 is 2.04 bits per heavy atom. The van der Waals surface area contributed by atoms with Crippen molar-refractivity contribution in [2.24, 2.45) is 0 Å². The third-order valence-electron chi connectivity index (χ3n) is 4.50. The number of anilines is 1. The van der Waals surface area contributed by atoms with E-state index < -0.39 is 29.6 Å². The molecule has 3 N–H and O–H groups in total. The summed E-state index contributed by atoms with van der Waals surface area (Å²) in [5.41, 5.74) is 5.10. The molecule has 0 bridgehead atoms. The number of carbonyl (C=O) groups is 2. The number of Topliss-reactive ketones (excluding diaryl/α,β-unsaturated/α-hetero) is 1. The van der Waals surface area contributed by atoms with E-state index in [9.17, 15) is 19.2 Å². The first-order valence-corrected chi connectivity index (χ1v) is 9.68. The van der Waals surface area contributed by atoms with Crippen LogP contribution in [0.3, 0.4) is 0 Å². The van der Waals surface area contributed by atoms with Gasteiger partial charge in [-0.05, 0) is 43.7 Å². The van der Waals surface area contributed by atoms with E-state index in [4.69, 9.17) is 10.5 Å². The van der Waals surface area contributed by atoms with E-state index in [-0.39, 0.29) is 17.9 Å². The van der Waals surface area contributed by atoms with E-state index in [0.29, 0.717) is 11.3 Å². The Balaban J connectivity index is 1.75. The molecule has 9 heteroatoms. The minimum absolute atomic E-state index is 0.210. The summed E-state index contributed by atoms with van der Waals surface area (Å²) in [4.78, 5) is 52.2. The first kappa shape index (κ1) is 19.1. The van der Waals surface area contributed by atoms with Crippen molar-refractivity contribution in [3.05, 3.63) is 47.8 Å². The number of thiophene rings is 1. The number of aryl methyl sites for hydroxylation is 2. The summed E-state index contributed by atoms with van der Waals surface area (Å²) >= 11 is 1.38. The van der Waals surface area contributed by atoms with E-state index in [1.807, 2.05) is 13.0 Å². The molecule has 0 amide bonds. The predicted molar refractivity (Wildman–Crippen MR) is 102 cm³/mol. The van der Waals surface area contributed by atoms with Gasteiger partial charge in [0.2, 0.25) is 5.78 Å². The lowest BCUT2D eigenvalue weighted by molar-refractivity contribution is 0.0479. The first-order chi connectivity index (χ1) is 12.9. The zero-order chi connectivity index (χ0) is 19.6. The normalized spacial score (nSPS) is 13.2. The number of fused-ring (bicyclic) bond motifs is 1. The van der Waals surface area contributed by atoms with E-state index in [1.54, 1.807) is 0 Å². The number of carbonyl (C=O) groups excluding carboxylic acids is 2. The van der Waals surface area contributed by atoms with Crippen LogP contribution in [0.5, 0.6) is 0 Å². The van der Waals surface area contributed by atoms with Crippen molar-refractivity contribution < 1.29 is 14.3 Å². The molecular weight excluding hydrogens is 370 g/mol. The smallest absolute Gasteiger partial charge is 0.348 e. The summed E-state index contributed by atoms with van der Waals surface area (Å²) in [5, 5.41) is 0. The molecule has 144 valence electrons. The minimum Gasteiger partial charge on any atom is -0.453 e. The molecule has 0 aromatic carbocycles. The van der Waals surface area contributed by atoms with Crippen LogP contribution in [0.2, 0.25) is 0 Å². The van der Waals surface area contributed by atoms with Gasteiger partial charge in [0.1, 0.15) is 16.3 Å². The van der Waals surface area contributed by atoms with Gasteiger partial charge in [0, 0.05) is 11.4 Å². The van der Waals surface area contributed by atoms with Gasteiger partial charge in [0.05, 0.1) is 0 Å². The van der Waals surface area contributed by atoms with Crippen LogP contribution >= 0.6 is 11.3 Å². The van der Waals surface area contributed by atoms with Crippen molar-refractivity contribution in [1.29, 1.82) is 0 Å². The van der Waals surface area contributed by atoms with Gasteiger partial charge in [-0.2, -0.15) is 0 Å². The summed E-state index contributed by atoms with van der Waals surface area (Å²) in [6.07, 6.45) is 4.71. The SMILES string of the molecule is CCCn1c(N)c(C(=O)COC(=O)c2cc3c(s2)CCCC3)c(=O)[nH]c1=O. The molecule has 0 radical (unpaired) electrons. The van der Waals surface area contributed by atoms with Crippen molar-refractivity contribution in [1.82, 2.24) is 9.55 Å². The highest BCUT2D eigenvalue weighted by molar-refractivity contribution is 7.14. The largest absolute Gasteiger partial charge is 0.453 e. The molecule has 0 saturated carbocycles. The van der Waals surface area contributed by atoms with Gasteiger partial charge in [-0.25, -0.2) is 9.59 Å².